The Labute approximate surface area is 166 Å². The maximum absolute atomic E-state index is 13.1. The predicted molar refractivity (Wildman–Crippen MR) is 105 cm³/mol. The number of carbonyl (C=O) groups is 3. The Kier molecular flexibility index (Phi) is 5.76. The topological polar surface area (TPSA) is 96.3 Å². The van der Waals surface area contributed by atoms with Gasteiger partial charge in [-0.3, -0.25) is 19.1 Å². The first-order valence-electron chi connectivity index (χ1n) is 10.2. The number of hydrogen-bond acceptors (Lipinski definition) is 4. The summed E-state index contributed by atoms with van der Waals surface area (Å²) in [6.07, 6.45) is 6.21. The molecule has 154 valence electrons. The zero-order chi connectivity index (χ0) is 20.5. The highest BCUT2D eigenvalue weighted by molar-refractivity contribution is 6.01. The first-order valence-corrected chi connectivity index (χ1v) is 10.2. The van der Waals surface area contributed by atoms with E-state index in [9.17, 15) is 14.4 Å². The average Bonchev–Trinajstić information content (AvgIpc) is 3.10. The smallest absolute Gasteiger partial charge is 0.272 e. The summed E-state index contributed by atoms with van der Waals surface area (Å²) in [6.45, 7) is 5.88. The molecule has 3 rings (SSSR count). The molecular formula is C20H31N5O3. The fourth-order valence-corrected chi connectivity index (χ4v) is 3.83. The molecule has 0 spiro atoms. The molecule has 0 unspecified atom stereocenters. The van der Waals surface area contributed by atoms with Gasteiger partial charge in [0, 0.05) is 25.2 Å². The number of hydrogen-bond donors (Lipinski definition) is 2. The summed E-state index contributed by atoms with van der Waals surface area (Å²) < 4.78 is 1.49. The van der Waals surface area contributed by atoms with Gasteiger partial charge in [-0.25, -0.2) is 0 Å². The second-order valence-electron chi connectivity index (χ2n) is 8.30. The summed E-state index contributed by atoms with van der Waals surface area (Å²) in [5.41, 5.74) is -0.508. The molecule has 2 aliphatic rings. The molecule has 1 aliphatic heterocycles. The molecule has 0 saturated heterocycles. The Morgan fingerprint density at radius 3 is 2.64 bits per heavy atom. The van der Waals surface area contributed by atoms with Crippen LogP contribution < -0.4 is 10.6 Å². The highest BCUT2D eigenvalue weighted by atomic mass is 16.2. The fraction of sp³-hybridized carbons (Fsp3) is 0.700. The minimum Gasteiger partial charge on any atom is -0.351 e. The summed E-state index contributed by atoms with van der Waals surface area (Å²) in [6, 6.07) is 1.70. The van der Waals surface area contributed by atoms with Gasteiger partial charge in [-0.15, -0.1) is 0 Å². The number of likely N-dealkylation sites (N-methyl/N-ethyl adjacent to an activating group) is 1. The summed E-state index contributed by atoms with van der Waals surface area (Å²) in [4.78, 5) is 39.8. The van der Waals surface area contributed by atoms with Crippen molar-refractivity contribution in [1.29, 1.82) is 0 Å². The van der Waals surface area contributed by atoms with Crippen LogP contribution in [0.4, 0.5) is 0 Å². The van der Waals surface area contributed by atoms with Crippen LogP contribution in [0.2, 0.25) is 0 Å². The number of nitrogens with zero attached hydrogens (tertiary/aromatic N) is 3. The molecule has 0 radical (unpaired) electrons. The van der Waals surface area contributed by atoms with Crippen LogP contribution in [0.3, 0.4) is 0 Å². The Morgan fingerprint density at radius 2 is 2.00 bits per heavy atom. The van der Waals surface area contributed by atoms with Gasteiger partial charge in [0.15, 0.2) is 5.69 Å². The molecule has 2 atom stereocenters. The van der Waals surface area contributed by atoms with Gasteiger partial charge in [-0.1, -0.05) is 26.2 Å². The molecule has 8 nitrogen and oxygen atoms in total. The van der Waals surface area contributed by atoms with Gasteiger partial charge in [-0.2, -0.15) is 5.10 Å². The highest BCUT2D eigenvalue weighted by Gasteiger charge is 2.46. The van der Waals surface area contributed by atoms with Gasteiger partial charge in [-0.05, 0) is 33.1 Å². The number of aromatic nitrogens is 2. The minimum atomic E-state index is -1.04. The molecule has 28 heavy (non-hydrogen) atoms. The lowest BCUT2D eigenvalue weighted by Crippen LogP contribution is -2.63. The van der Waals surface area contributed by atoms with E-state index in [1.165, 1.54) is 22.1 Å². The molecule has 1 fully saturated rings. The molecular weight excluding hydrogens is 358 g/mol. The Bertz CT molecular complexity index is 768. The first-order chi connectivity index (χ1) is 13.3. The third kappa shape index (κ3) is 3.77. The van der Waals surface area contributed by atoms with Gasteiger partial charge in [0.05, 0.1) is 6.54 Å². The van der Waals surface area contributed by atoms with E-state index >= 15 is 0 Å². The highest BCUT2D eigenvalue weighted by Crippen LogP contribution is 2.27. The van der Waals surface area contributed by atoms with Crippen molar-refractivity contribution in [2.75, 3.05) is 7.05 Å². The SMILES string of the molecule is CC[C@H](C)NC(=O)c1cc2n(n1)C[C@](C)(C(=O)NC1CCCCC1)N(C)C2=O. The lowest BCUT2D eigenvalue weighted by molar-refractivity contribution is -0.133. The fourth-order valence-electron chi connectivity index (χ4n) is 3.83. The van der Waals surface area contributed by atoms with Gasteiger partial charge < -0.3 is 15.5 Å². The van der Waals surface area contributed by atoms with Crippen molar-refractivity contribution >= 4 is 17.7 Å². The monoisotopic (exact) mass is 389 g/mol. The third-order valence-corrected chi connectivity index (χ3v) is 6.15. The van der Waals surface area contributed by atoms with Crippen LogP contribution in [-0.2, 0) is 11.3 Å². The van der Waals surface area contributed by atoms with E-state index in [-0.39, 0.29) is 42.0 Å². The molecule has 1 saturated carbocycles. The molecule has 1 aromatic heterocycles. The Balaban J connectivity index is 1.80. The normalized spacial score (nSPS) is 23.9. The summed E-state index contributed by atoms with van der Waals surface area (Å²) >= 11 is 0. The summed E-state index contributed by atoms with van der Waals surface area (Å²) in [7, 11) is 1.64. The van der Waals surface area contributed by atoms with Crippen molar-refractivity contribution in [2.45, 2.75) is 83.5 Å². The maximum Gasteiger partial charge on any atom is 0.272 e. The number of carbonyl (C=O) groups excluding carboxylic acids is 3. The lowest BCUT2D eigenvalue weighted by Gasteiger charge is -2.41. The number of rotatable bonds is 5. The molecule has 8 heteroatoms. The van der Waals surface area contributed by atoms with Crippen molar-refractivity contribution in [3.63, 3.8) is 0 Å². The van der Waals surface area contributed by atoms with Crippen molar-refractivity contribution in [2.24, 2.45) is 0 Å². The second-order valence-corrected chi connectivity index (χ2v) is 8.30. The van der Waals surface area contributed by atoms with E-state index in [2.05, 4.69) is 15.7 Å². The minimum absolute atomic E-state index is 0.0242. The molecule has 0 aromatic carbocycles. The van der Waals surface area contributed by atoms with E-state index in [0.29, 0.717) is 5.69 Å². The molecule has 3 amide bonds. The van der Waals surface area contributed by atoms with E-state index < -0.39 is 5.54 Å². The molecule has 0 bridgehead atoms. The van der Waals surface area contributed by atoms with E-state index in [0.717, 1.165) is 32.1 Å². The van der Waals surface area contributed by atoms with Crippen molar-refractivity contribution in [3.05, 3.63) is 17.5 Å². The number of nitrogens with one attached hydrogen (secondary N) is 2. The van der Waals surface area contributed by atoms with Crippen LogP contribution in [0.1, 0.15) is 80.3 Å². The largest absolute Gasteiger partial charge is 0.351 e. The van der Waals surface area contributed by atoms with Crippen LogP contribution in [-0.4, -0.2) is 57.1 Å². The molecule has 1 aromatic rings. The van der Waals surface area contributed by atoms with Crippen LogP contribution in [0.25, 0.3) is 0 Å². The standard InChI is InChI=1S/C20H31N5O3/c1-5-13(2)21-17(26)15-11-16-18(27)24(4)20(3,12-25(16)23-15)19(28)22-14-9-7-6-8-10-14/h11,13-14H,5-10,12H2,1-4H3,(H,21,26)(H,22,28)/t13-,20+/m0/s1. The van der Waals surface area contributed by atoms with E-state index in [1.54, 1.807) is 14.0 Å². The van der Waals surface area contributed by atoms with Crippen molar-refractivity contribution in [1.82, 2.24) is 25.3 Å². The lowest BCUT2D eigenvalue weighted by atomic mass is 9.92. The van der Waals surface area contributed by atoms with Crippen LogP contribution >= 0.6 is 0 Å². The van der Waals surface area contributed by atoms with E-state index in [4.69, 9.17) is 0 Å². The van der Waals surface area contributed by atoms with Gasteiger partial charge in [0.25, 0.3) is 11.8 Å². The van der Waals surface area contributed by atoms with Gasteiger partial charge >= 0.3 is 0 Å². The van der Waals surface area contributed by atoms with Gasteiger partial charge in [0.1, 0.15) is 11.2 Å². The first kappa shape index (κ1) is 20.4. The maximum atomic E-state index is 13.1. The van der Waals surface area contributed by atoms with Crippen LogP contribution in [0, 0.1) is 0 Å². The van der Waals surface area contributed by atoms with Crippen molar-refractivity contribution in [3.8, 4) is 0 Å². The third-order valence-electron chi connectivity index (χ3n) is 6.15. The zero-order valence-corrected chi connectivity index (χ0v) is 17.2. The number of amides is 3. The summed E-state index contributed by atoms with van der Waals surface area (Å²) in [5.74, 6) is -0.773. The average molecular weight is 390 g/mol. The molecule has 2 heterocycles. The molecule has 1 aliphatic carbocycles. The second kappa shape index (κ2) is 7.93. The summed E-state index contributed by atoms with van der Waals surface area (Å²) in [5, 5.41) is 10.3. The molecule has 2 N–H and O–H groups in total. The zero-order valence-electron chi connectivity index (χ0n) is 17.2. The number of fused-ring (bicyclic) bond motifs is 1. The Hall–Kier alpha value is -2.38. The predicted octanol–water partition coefficient (Wildman–Crippen LogP) is 1.70. The Morgan fingerprint density at radius 1 is 1.32 bits per heavy atom. The van der Waals surface area contributed by atoms with E-state index in [1.807, 2.05) is 13.8 Å². The van der Waals surface area contributed by atoms with Crippen molar-refractivity contribution < 1.29 is 14.4 Å². The van der Waals surface area contributed by atoms with Gasteiger partial charge in [0.2, 0.25) is 5.91 Å². The quantitative estimate of drug-likeness (QED) is 0.801. The van der Waals surface area contributed by atoms with Crippen LogP contribution in [0.15, 0.2) is 6.07 Å². The van der Waals surface area contributed by atoms with Crippen LogP contribution in [0.5, 0.6) is 0 Å².